The first-order chi connectivity index (χ1) is 10.0. The zero-order valence-electron chi connectivity index (χ0n) is 12.5. The number of halogens is 1. The summed E-state index contributed by atoms with van der Waals surface area (Å²) < 4.78 is 0.894. The number of pyridine rings is 2. The first kappa shape index (κ1) is 15.7. The summed E-state index contributed by atoms with van der Waals surface area (Å²) in [5, 5.41) is 0. The molecule has 0 aliphatic rings. The maximum Gasteiger partial charge on any atom is 0.241 e. The summed E-state index contributed by atoms with van der Waals surface area (Å²) in [7, 11) is 3.54. The second-order valence-electron chi connectivity index (χ2n) is 5.06. The molecule has 5 nitrogen and oxygen atoms in total. The van der Waals surface area contributed by atoms with E-state index in [2.05, 4.69) is 37.7 Å². The number of hydrogen-bond donors (Lipinski definition) is 0. The van der Waals surface area contributed by atoms with Gasteiger partial charge in [-0.25, -0.2) is 0 Å². The van der Waals surface area contributed by atoms with Gasteiger partial charge >= 0.3 is 0 Å². The van der Waals surface area contributed by atoms with Crippen LogP contribution in [0.3, 0.4) is 0 Å². The second-order valence-corrected chi connectivity index (χ2v) is 5.98. The third-order valence-corrected chi connectivity index (χ3v) is 3.62. The first-order valence-electron chi connectivity index (χ1n) is 6.88. The molecule has 0 N–H and O–H groups in total. The van der Waals surface area contributed by atoms with Crippen molar-refractivity contribution in [3.05, 3.63) is 29.0 Å². The molecule has 0 saturated heterocycles. The number of amides is 1. The van der Waals surface area contributed by atoms with Crippen molar-refractivity contribution in [2.45, 2.75) is 13.3 Å². The Labute approximate surface area is 133 Å². The van der Waals surface area contributed by atoms with Gasteiger partial charge in [-0.05, 0) is 34.5 Å². The van der Waals surface area contributed by atoms with E-state index in [4.69, 9.17) is 0 Å². The van der Waals surface area contributed by atoms with Crippen LogP contribution in [0.2, 0.25) is 0 Å². The Balaban J connectivity index is 2.42. The van der Waals surface area contributed by atoms with Crippen LogP contribution in [-0.2, 0) is 4.79 Å². The molecule has 0 saturated carbocycles. The van der Waals surface area contributed by atoms with Gasteiger partial charge in [0, 0.05) is 37.5 Å². The molecule has 2 heterocycles. The van der Waals surface area contributed by atoms with Crippen LogP contribution < -0.4 is 4.90 Å². The summed E-state index contributed by atoms with van der Waals surface area (Å²) in [6, 6.07) is 3.85. The molecule has 2 rings (SSSR count). The van der Waals surface area contributed by atoms with Crippen LogP contribution >= 0.6 is 15.9 Å². The second kappa shape index (κ2) is 6.85. The molecule has 2 aromatic rings. The number of carbonyl (C=O) groups excluding carboxylic acids is 1. The van der Waals surface area contributed by atoms with E-state index in [1.807, 2.05) is 12.1 Å². The lowest BCUT2D eigenvalue weighted by Gasteiger charge is -2.25. The highest BCUT2D eigenvalue weighted by Crippen LogP contribution is 2.25. The van der Waals surface area contributed by atoms with Crippen molar-refractivity contribution < 1.29 is 4.79 Å². The van der Waals surface area contributed by atoms with Gasteiger partial charge in [-0.2, -0.15) is 0 Å². The molecule has 0 bridgehead atoms. The molecule has 0 spiro atoms. The summed E-state index contributed by atoms with van der Waals surface area (Å²) >= 11 is 3.41. The summed E-state index contributed by atoms with van der Waals surface area (Å²) in [6.45, 7) is 3.24. The molecule has 21 heavy (non-hydrogen) atoms. The van der Waals surface area contributed by atoms with Crippen LogP contribution in [0.5, 0.6) is 0 Å². The molecule has 0 unspecified atom stereocenters. The lowest BCUT2D eigenvalue weighted by atomic mass is 10.2. The molecular formula is C15H19BrN4O. The highest BCUT2D eigenvalue weighted by Gasteiger charge is 2.15. The maximum absolute atomic E-state index is 12.0. The Kier molecular flexibility index (Phi) is 5.12. The van der Waals surface area contributed by atoms with Gasteiger partial charge < -0.3 is 9.80 Å². The van der Waals surface area contributed by atoms with Crippen molar-refractivity contribution in [3.63, 3.8) is 0 Å². The Morgan fingerprint density at radius 1 is 1.33 bits per heavy atom. The number of nitrogens with zero attached hydrogens (tertiary/aromatic N) is 4. The van der Waals surface area contributed by atoms with E-state index >= 15 is 0 Å². The quantitative estimate of drug-likeness (QED) is 0.831. The topological polar surface area (TPSA) is 49.3 Å². The summed E-state index contributed by atoms with van der Waals surface area (Å²) in [4.78, 5) is 24.5. The molecular weight excluding hydrogens is 332 g/mol. The fourth-order valence-electron chi connectivity index (χ4n) is 2.11. The van der Waals surface area contributed by atoms with Crippen LogP contribution in [0.1, 0.15) is 13.3 Å². The predicted molar refractivity (Wildman–Crippen MR) is 88.4 cm³/mol. The van der Waals surface area contributed by atoms with Crippen LogP contribution in [0, 0.1) is 0 Å². The van der Waals surface area contributed by atoms with Crippen LogP contribution in [0.4, 0.5) is 5.69 Å². The van der Waals surface area contributed by atoms with Gasteiger partial charge in [0.15, 0.2) is 0 Å². The Morgan fingerprint density at radius 2 is 2.10 bits per heavy atom. The number of aromatic nitrogens is 2. The van der Waals surface area contributed by atoms with Crippen molar-refractivity contribution in [2.24, 2.45) is 0 Å². The van der Waals surface area contributed by atoms with Crippen LogP contribution in [0.25, 0.3) is 11.0 Å². The molecule has 0 radical (unpaired) electrons. The average molecular weight is 351 g/mol. The van der Waals surface area contributed by atoms with E-state index in [9.17, 15) is 4.79 Å². The van der Waals surface area contributed by atoms with Crippen molar-refractivity contribution in [1.29, 1.82) is 0 Å². The maximum atomic E-state index is 12.0. The van der Waals surface area contributed by atoms with Crippen molar-refractivity contribution in [3.8, 4) is 0 Å². The largest absolute Gasteiger partial charge is 0.360 e. The van der Waals surface area contributed by atoms with Crippen molar-refractivity contribution in [2.75, 3.05) is 32.1 Å². The molecule has 1 amide bonds. The summed E-state index contributed by atoms with van der Waals surface area (Å²) in [6.07, 6.45) is 4.47. The molecule has 0 aliphatic heterocycles. The summed E-state index contributed by atoms with van der Waals surface area (Å²) in [5.74, 6) is 0.0746. The predicted octanol–water partition coefficient (Wildman–Crippen LogP) is 2.70. The molecule has 112 valence electrons. The third-order valence-electron chi connectivity index (χ3n) is 3.18. The minimum Gasteiger partial charge on any atom is -0.360 e. The minimum atomic E-state index is 0.0746. The van der Waals surface area contributed by atoms with Gasteiger partial charge in [-0.1, -0.05) is 6.92 Å². The Bertz CT molecular complexity index is 645. The molecule has 0 aliphatic carbocycles. The highest BCUT2D eigenvalue weighted by atomic mass is 79.9. The fraction of sp³-hybridized carbons (Fsp3) is 0.400. The van der Waals surface area contributed by atoms with Crippen molar-refractivity contribution >= 4 is 38.6 Å². The molecule has 6 heteroatoms. The van der Waals surface area contributed by atoms with Crippen molar-refractivity contribution in [1.82, 2.24) is 14.9 Å². The third kappa shape index (κ3) is 3.69. The van der Waals surface area contributed by atoms with E-state index in [0.29, 0.717) is 6.54 Å². The van der Waals surface area contributed by atoms with Gasteiger partial charge in [0.05, 0.1) is 17.7 Å². The molecule has 2 aromatic heterocycles. The number of fused-ring (bicyclic) bond motifs is 1. The first-order valence-corrected chi connectivity index (χ1v) is 7.67. The minimum absolute atomic E-state index is 0.0746. The SMILES string of the molecule is CCCN(CC(=O)N(C)C)c1ccnc2cc(Br)cnc12. The van der Waals surface area contributed by atoms with Gasteiger partial charge in [0.2, 0.25) is 5.91 Å². The Morgan fingerprint density at radius 3 is 2.76 bits per heavy atom. The monoisotopic (exact) mass is 350 g/mol. The van der Waals surface area contributed by atoms with Gasteiger partial charge in [0.25, 0.3) is 0 Å². The van der Waals surface area contributed by atoms with Gasteiger partial charge in [0.1, 0.15) is 5.52 Å². The zero-order chi connectivity index (χ0) is 15.4. The highest BCUT2D eigenvalue weighted by molar-refractivity contribution is 9.10. The van der Waals surface area contributed by atoms with E-state index in [0.717, 1.165) is 34.2 Å². The molecule has 0 fully saturated rings. The standard InChI is InChI=1S/C15H19BrN4O/c1-4-7-20(10-14(21)19(2)3)13-5-6-17-12-8-11(16)9-18-15(12)13/h5-6,8-9H,4,7,10H2,1-3H3. The number of anilines is 1. The van der Waals surface area contributed by atoms with Gasteiger partial charge in [-0.3, -0.25) is 14.8 Å². The average Bonchev–Trinajstić information content (AvgIpc) is 2.45. The number of carbonyl (C=O) groups is 1. The molecule has 0 aromatic carbocycles. The Hall–Kier alpha value is -1.69. The zero-order valence-corrected chi connectivity index (χ0v) is 14.1. The van der Waals surface area contributed by atoms with E-state index in [-0.39, 0.29) is 5.91 Å². The lowest BCUT2D eigenvalue weighted by molar-refractivity contribution is -0.127. The number of likely N-dealkylation sites (N-methyl/N-ethyl adjacent to an activating group) is 1. The fourth-order valence-corrected chi connectivity index (χ4v) is 2.43. The van der Waals surface area contributed by atoms with Crippen LogP contribution in [0.15, 0.2) is 29.0 Å². The lowest BCUT2D eigenvalue weighted by Crippen LogP contribution is -2.37. The molecule has 0 atom stereocenters. The normalized spacial score (nSPS) is 10.7. The van der Waals surface area contributed by atoms with E-state index in [1.54, 1.807) is 31.4 Å². The number of rotatable bonds is 5. The summed E-state index contributed by atoms with van der Waals surface area (Å²) in [5.41, 5.74) is 2.59. The smallest absolute Gasteiger partial charge is 0.241 e. The van der Waals surface area contributed by atoms with E-state index < -0.39 is 0 Å². The number of hydrogen-bond acceptors (Lipinski definition) is 4. The van der Waals surface area contributed by atoms with Crippen LogP contribution in [-0.4, -0.2) is 48.0 Å². The van der Waals surface area contributed by atoms with E-state index in [1.165, 1.54) is 0 Å². The van der Waals surface area contributed by atoms with Gasteiger partial charge in [-0.15, -0.1) is 0 Å².